The smallest absolute Gasteiger partial charge is 0.410 e. The summed E-state index contributed by atoms with van der Waals surface area (Å²) >= 11 is 5.90. The quantitative estimate of drug-likeness (QED) is 0.704. The van der Waals surface area contributed by atoms with Crippen LogP contribution < -0.4 is 5.56 Å². The van der Waals surface area contributed by atoms with E-state index in [0.29, 0.717) is 35.4 Å². The Morgan fingerprint density at radius 3 is 2.69 bits per heavy atom. The van der Waals surface area contributed by atoms with Crippen molar-refractivity contribution in [2.75, 3.05) is 6.54 Å². The molecule has 3 heterocycles. The van der Waals surface area contributed by atoms with Crippen LogP contribution in [0.3, 0.4) is 0 Å². The van der Waals surface area contributed by atoms with Gasteiger partial charge in [-0.2, -0.15) is 0 Å². The first-order valence-corrected chi connectivity index (χ1v) is 9.20. The average Bonchev–Trinajstić information content (AvgIpc) is 2.53. The number of fused-ring (bicyclic) bond motifs is 1. The molecule has 0 bridgehead atoms. The Labute approximate surface area is 157 Å². The number of halogens is 1. The van der Waals surface area contributed by atoms with Crippen LogP contribution in [0, 0.1) is 0 Å². The monoisotopic (exact) mass is 377 g/mol. The van der Waals surface area contributed by atoms with E-state index < -0.39 is 5.60 Å². The van der Waals surface area contributed by atoms with Gasteiger partial charge in [0.1, 0.15) is 10.8 Å². The molecule has 1 amide bonds. The summed E-state index contributed by atoms with van der Waals surface area (Å²) in [7, 11) is 0. The molecule has 0 saturated carbocycles. The van der Waals surface area contributed by atoms with Gasteiger partial charge in [0, 0.05) is 24.8 Å². The van der Waals surface area contributed by atoms with Gasteiger partial charge in [-0.05, 0) is 58.7 Å². The van der Waals surface area contributed by atoms with Gasteiger partial charge in [0.2, 0.25) is 0 Å². The highest BCUT2D eigenvalue weighted by Gasteiger charge is 2.32. The van der Waals surface area contributed by atoms with Crippen molar-refractivity contribution in [1.82, 2.24) is 14.5 Å². The fourth-order valence-corrected chi connectivity index (χ4v) is 3.55. The Balaban J connectivity index is 1.80. The molecule has 2 aromatic heterocycles. The van der Waals surface area contributed by atoms with Crippen molar-refractivity contribution in [2.24, 2.45) is 0 Å². The summed E-state index contributed by atoms with van der Waals surface area (Å²) in [5, 5.41) is 0.924. The maximum atomic E-state index is 12.8. The van der Waals surface area contributed by atoms with Crippen molar-refractivity contribution in [2.45, 2.75) is 58.2 Å². The van der Waals surface area contributed by atoms with Crippen molar-refractivity contribution in [3.05, 3.63) is 39.9 Å². The lowest BCUT2D eigenvalue weighted by atomic mass is 9.98. The van der Waals surface area contributed by atoms with Crippen molar-refractivity contribution < 1.29 is 9.53 Å². The summed E-state index contributed by atoms with van der Waals surface area (Å²) in [6, 6.07) is 5.19. The lowest BCUT2D eigenvalue weighted by molar-refractivity contribution is 0.00773. The van der Waals surface area contributed by atoms with Crippen LogP contribution >= 0.6 is 11.6 Å². The van der Waals surface area contributed by atoms with Gasteiger partial charge < -0.3 is 14.2 Å². The van der Waals surface area contributed by atoms with Crippen molar-refractivity contribution in [1.29, 1.82) is 0 Å². The number of amides is 1. The summed E-state index contributed by atoms with van der Waals surface area (Å²) < 4.78 is 7.23. The molecule has 1 aliphatic heterocycles. The van der Waals surface area contributed by atoms with E-state index in [2.05, 4.69) is 4.98 Å². The second-order valence-electron chi connectivity index (χ2n) is 7.80. The van der Waals surface area contributed by atoms with E-state index >= 15 is 0 Å². The lowest BCUT2D eigenvalue weighted by Crippen LogP contribution is -2.47. The predicted molar refractivity (Wildman–Crippen MR) is 102 cm³/mol. The second-order valence-corrected chi connectivity index (χ2v) is 8.18. The van der Waals surface area contributed by atoms with Gasteiger partial charge in [-0.1, -0.05) is 11.6 Å². The summed E-state index contributed by atoms with van der Waals surface area (Å²) in [5.41, 5.74) is 0.00424. The van der Waals surface area contributed by atoms with Crippen LogP contribution in [-0.4, -0.2) is 38.7 Å². The maximum absolute atomic E-state index is 12.8. The molecule has 2 aromatic rings. The Morgan fingerprint density at radius 2 is 2.04 bits per heavy atom. The third kappa shape index (κ3) is 3.85. The highest BCUT2D eigenvalue weighted by Crippen LogP contribution is 2.28. The minimum atomic E-state index is -0.517. The van der Waals surface area contributed by atoms with E-state index in [1.54, 1.807) is 27.8 Å². The van der Waals surface area contributed by atoms with Gasteiger partial charge in [-0.25, -0.2) is 9.78 Å². The molecule has 1 fully saturated rings. The molecule has 2 atom stereocenters. The first-order chi connectivity index (χ1) is 12.2. The third-order valence-corrected chi connectivity index (χ3v) is 4.83. The molecule has 3 rings (SSSR count). The first kappa shape index (κ1) is 18.7. The molecule has 0 unspecified atom stereocenters. The molecule has 0 N–H and O–H groups in total. The van der Waals surface area contributed by atoms with Crippen molar-refractivity contribution in [3.8, 4) is 0 Å². The number of carbonyl (C=O) groups excluding carboxylic acids is 1. The van der Waals surface area contributed by atoms with Crippen LogP contribution in [0.4, 0.5) is 4.79 Å². The van der Waals surface area contributed by atoms with Gasteiger partial charge in [0.05, 0.1) is 10.9 Å². The average molecular weight is 378 g/mol. The summed E-state index contributed by atoms with van der Waals surface area (Å²) in [5.74, 6) is 0. The maximum Gasteiger partial charge on any atom is 0.410 e. The topological polar surface area (TPSA) is 64.4 Å². The number of carbonyl (C=O) groups is 1. The van der Waals surface area contributed by atoms with Crippen LogP contribution in [0.1, 0.15) is 46.6 Å². The van der Waals surface area contributed by atoms with Crippen molar-refractivity contribution >= 4 is 28.6 Å². The number of piperidine rings is 1. The summed E-state index contributed by atoms with van der Waals surface area (Å²) in [4.78, 5) is 31.1. The van der Waals surface area contributed by atoms with Gasteiger partial charge in [0.25, 0.3) is 5.56 Å². The highest BCUT2D eigenvalue weighted by atomic mass is 35.5. The zero-order valence-electron chi connectivity index (χ0n) is 15.5. The number of aromatic nitrogens is 2. The van der Waals surface area contributed by atoms with Crippen LogP contribution in [0.2, 0.25) is 5.15 Å². The number of likely N-dealkylation sites (tertiary alicyclic amines) is 1. The van der Waals surface area contributed by atoms with Gasteiger partial charge in [0.15, 0.2) is 0 Å². The standard InChI is InChI=1S/C19H24ClN3O3/c1-12-11-13(7-9-22(12)18(25)26-19(2,3)4)23-10-8-15-14(17(23)24)5-6-16(20)21-15/h5-6,8,10,12-13H,7,9,11H2,1-4H3/t12-,13-/m0/s1. The Kier molecular flexibility index (Phi) is 4.97. The van der Waals surface area contributed by atoms with Gasteiger partial charge in [-0.3, -0.25) is 4.79 Å². The predicted octanol–water partition coefficient (Wildman–Crippen LogP) is 4.01. The first-order valence-electron chi connectivity index (χ1n) is 8.83. The third-order valence-electron chi connectivity index (χ3n) is 4.62. The molecule has 7 heteroatoms. The molecule has 6 nitrogen and oxygen atoms in total. The minimum absolute atomic E-state index is 0.00506. The second kappa shape index (κ2) is 6.91. The molecule has 0 spiro atoms. The molecule has 0 aromatic carbocycles. The minimum Gasteiger partial charge on any atom is -0.444 e. The molecular weight excluding hydrogens is 354 g/mol. The fraction of sp³-hybridized carbons (Fsp3) is 0.526. The fourth-order valence-electron chi connectivity index (χ4n) is 3.39. The van der Waals surface area contributed by atoms with E-state index in [1.165, 1.54) is 0 Å². The Bertz CT molecular complexity index is 888. The van der Waals surface area contributed by atoms with Crippen molar-refractivity contribution in [3.63, 3.8) is 0 Å². The molecular formula is C19H24ClN3O3. The van der Waals surface area contributed by atoms with E-state index in [9.17, 15) is 9.59 Å². The van der Waals surface area contributed by atoms with E-state index in [4.69, 9.17) is 16.3 Å². The Hall–Kier alpha value is -2.08. The van der Waals surface area contributed by atoms with E-state index in [-0.39, 0.29) is 23.7 Å². The zero-order valence-corrected chi connectivity index (χ0v) is 16.3. The number of nitrogens with zero attached hydrogens (tertiary/aromatic N) is 3. The van der Waals surface area contributed by atoms with Gasteiger partial charge in [-0.15, -0.1) is 0 Å². The van der Waals surface area contributed by atoms with Crippen LogP contribution in [0.15, 0.2) is 29.2 Å². The Morgan fingerprint density at radius 1 is 1.31 bits per heavy atom. The molecule has 0 aliphatic carbocycles. The largest absolute Gasteiger partial charge is 0.444 e. The summed E-state index contributed by atoms with van der Waals surface area (Å²) in [6.07, 6.45) is 2.88. The van der Waals surface area contributed by atoms with E-state index in [1.807, 2.05) is 33.8 Å². The highest BCUT2D eigenvalue weighted by molar-refractivity contribution is 6.29. The number of hydrogen-bond acceptors (Lipinski definition) is 4. The lowest BCUT2D eigenvalue weighted by Gasteiger charge is -2.38. The van der Waals surface area contributed by atoms with Crippen LogP contribution in [0.5, 0.6) is 0 Å². The number of rotatable bonds is 1. The SMILES string of the molecule is C[C@H]1C[C@@H](n2ccc3nc(Cl)ccc3c2=O)CCN1C(=O)OC(C)(C)C. The molecule has 1 saturated heterocycles. The van der Waals surface area contributed by atoms with Crippen LogP contribution in [0.25, 0.3) is 10.9 Å². The molecule has 1 aliphatic rings. The van der Waals surface area contributed by atoms with Gasteiger partial charge >= 0.3 is 6.09 Å². The summed E-state index contributed by atoms with van der Waals surface area (Å²) in [6.45, 7) is 8.12. The van der Waals surface area contributed by atoms with Crippen LogP contribution in [-0.2, 0) is 4.74 Å². The molecule has 26 heavy (non-hydrogen) atoms. The molecule has 140 valence electrons. The van der Waals surface area contributed by atoms with E-state index in [0.717, 1.165) is 0 Å². The normalized spacial score (nSPS) is 21.0. The number of ether oxygens (including phenoxy) is 1. The molecule has 0 radical (unpaired) electrons. The number of pyridine rings is 2. The zero-order chi connectivity index (χ0) is 19.1. The number of hydrogen-bond donors (Lipinski definition) is 0.